The fourth-order valence-corrected chi connectivity index (χ4v) is 3.59. The first-order valence-electron chi connectivity index (χ1n) is 6.83. The molecule has 22 heavy (non-hydrogen) atoms. The summed E-state index contributed by atoms with van der Waals surface area (Å²) in [5.41, 5.74) is -1.14. The molecule has 7 nitrogen and oxygen atoms in total. The molecule has 1 saturated heterocycles. The van der Waals surface area contributed by atoms with Crippen LogP contribution in [0, 0.1) is 5.82 Å². The van der Waals surface area contributed by atoms with Crippen molar-refractivity contribution in [2.75, 3.05) is 24.4 Å². The lowest BCUT2D eigenvalue weighted by molar-refractivity contribution is 0.0692. The van der Waals surface area contributed by atoms with E-state index in [1.807, 2.05) is 0 Å². The third kappa shape index (κ3) is 3.30. The van der Waals surface area contributed by atoms with Crippen LogP contribution in [0.2, 0.25) is 0 Å². The molecule has 0 bridgehead atoms. The maximum Gasteiger partial charge on any atom is 0.340 e. The van der Waals surface area contributed by atoms with Crippen LogP contribution in [-0.2, 0) is 10.2 Å². The van der Waals surface area contributed by atoms with Crippen LogP contribution >= 0.6 is 0 Å². The smallest absolute Gasteiger partial charge is 0.340 e. The molecule has 0 spiro atoms. The largest absolute Gasteiger partial charge is 0.492 e. The van der Waals surface area contributed by atoms with Crippen LogP contribution in [0.3, 0.4) is 0 Å². The van der Waals surface area contributed by atoms with Crippen molar-refractivity contribution in [2.45, 2.75) is 19.8 Å². The summed E-state index contributed by atoms with van der Waals surface area (Å²) in [5.74, 6) is -2.63. The Balaban J connectivity index is 2.47. The molecule has 0 atom stereocenters. The molecule has 1 aromatic carbocycles. The Bertz CT molecular complexity index is 671. The lowest BCUT2D eigenvalue weighted by Gasteiger charge is -2.20. The van der Waals surface area contributed by atoms with Crippen LogP contribution in [-0.4, -0.2) is 43.5 Å². The zero-order valence-electron chi connectivity index (χ0n) is 12.0. The highest BCUT2D eigenvalue weighted by atomic mass is 32.2. The van der Waals surface area contributed by atoms with E-state index in [1.165, 1.54) is 10.4 Å². The first kappa shape index (κ1) is 16.5. The Kier molecular flexibility index (Phi) is 4.87. The second-order valence-corrected chi connectivity index (χ2v) is 6.42. The van der Waals surface area contributed by atoms with Gasteiger partial charge in [0.15, 0.2) is 0 Å². The summed E-state index contributed by atoms with van der Waals surface area (Å²) in [6, 6.07) is 2.13. The number of rotatable bonds is 6. The first-order valence-corrected chi connectivity index (χ1v) is 8.27. The van der Waals surface area contributed by atoms with Gasteiger partial charge in [0.1, 0.15) is 22.8 Å². The van der Waals surface area contributed by atoms with Crippen molar-refractivity contribution in [2.24, 2.45) is 0 Å². The lowest BCUT2D eigenvalue weighted by Crippen LogP contribution is -2.34. The number of carboxylic acids is 1. The number of nitrogens with zero attached hydrogens (tertiary/aromatic N) is 1. The van der Waals surface area contributed by atoms with E-state index >= 15 is 0 Å². The summed E-state index contributed by atoms with van der Waals surface area (Å²) in [5, 5.41) is 9.16. The van der Waals surface area contributed by atoms with E-state index in [2.05, 4.69) is 4.72 Å². The van der Waals surface area contributed by atoms with Crippen molar-refractivity contribution >= 4 is 21.9 Å². The molecule has 1 heterocycles. The van der Waals surface area contributed by atoms with Gasteiger partial charge in [-0.1, -0.05) is 0 Å². The van der Waals surface area contributed by atoms with Gasteiger partial charge in [-0.15, -0.1) is 0 Å². The van der Waals surface area contributed by atoms with E-state index in [9.17, 15) is 17.6 Å². The Morgan fingerprint density at radius 1 is 1.41 bits per heavy atom. The Morgan fingerprint density at radius 3 is 2.59 bits per heavy atom. The summed E-state index contributed by atoms with van der Waals surface area (Å²) < 4.78 is 46.9. The van der Waals surface area contributed by atoms with E-state index in [1.54, 1.807) is 6.92 Å². The molecule has 2 rings (SSSR count). The molecule has 1 aliphatic rings. The van der Waals surface area contributed by atoms with Gasteiger partial charge >= 0.3 is 16.2 Å². The first-order chi connectivity index (χ1) is 10.4. The van der Waals surface area contributed by atoms with Crippen LogP contribution in [0.25, 0.3) is 0 Å². The molecule has 122 valence electrons. The number of benzene rings is 1. The molecular formula is C13H17FN2O5S. The summed E-state index contributed by atoms with van der Waals surface area (Å²) >= 11 is 0. The third-order valence-electron chi connectivity index (χ3n) is 3.27. The molecule has 1 fully saturated rings. The monoisotopic (exact) mass is 332 g/mol. The molecule has 1 aliphatic heterocycles. The molecule has 0 radical (unpaired) electrons. The molecular weight excluding hydrogens is 315 g/mol. The zero-order chi connectivity index (χ0) is 16.3. The molecule has 0 aliphatic carbocycles. The van der Waals surface area contributed by atoms with Gasteiger partial charge in [0.2, 0.25) is 0 Å². The van der Waals surface area contributed by atoms with Crippen molar-refractivity contribution in [3.05, 3.63) is 23.5 Å². The van der Waals surface area contributed by atoms with Gasteiger partial charge in [-0.3, -0.25) is 4.72 Å². The quantitative estimate of drug-likeness (QED) is 0.826. The minimum absolute atomic E-state index is 0.0240. The van der Waals surface area contributed by atoms with Gasteiger partial charge in [0, 0.05) is 13.1 Å². The number of nitrogens with one attached hydrogen (secondary N) is 1. The van der Waals surface area contributed by atoms with Crippen LogP contribution in [0.1, 0.15) is 30.1 Å². The average Bonchev–Trinajstić information content (AvgIpc) is 2.96. The van der Waals surface area contributed by atoms with Crippen LogP contribution in [0.15, 0.2) is 12.1 Å². The van der Waals surface area contributed by atoms with Gasteiger partial charge in [-0.05, 0) is 31.9 Å². The van der Waals surface area contributed by atoms with E-state index in [0.717, 1.165) is 18.9 Å². The van der Waals surface area contributed by atoms with Crippen LogP contribution in [0.4, 0.5) is 10.1 Å². The Morgan fingerprint density at radius 2 is 2.05 bits per heavy atom. The van der Waals surface area contributed by atoms with Gasteiger partial charge in [-0.25, -0.2) is 9.18 Å². The fourth-order valence-electron chi connectivity index (χ4n) is 2.27. The van der Waals surface area contributed by atoms with Crippen molar-refractivity contribution in [1.82, 2.24) is 4.31 Å². The number of anilines is 1. The maximum atomic E-state index is 13.8. The van der Waals surface area contributed by atoms with Crippen molar-refractivity contribution in [3.63, 3.8) is 0 Å². The minimum atomic E-state index is -3.95. The zero-order valence-corrected chi connectivity index (χ0v) is 12.8. The number of aromatic carboxylic acids is 1. The fraction of sp³-hybridized carbons (Fsp3) is 0.462. The standard InChI is InChI=1S/C13H17FN2O5S/c1-2-21-10-6-5-9(14)11(13(17)18)12(10)15-22(19,20)16-7-3-4-8-16/h5-6,15H,2-4,7-8H2,1H3,(H,17,18). The van der Waals surface area contributed by atoms with Gasteiger partial charge in [-0.2, -0.15) is 12.7 Å². The van der Waals surface area contributed by atoms with Gasteiger partial charge in [0.25, 0.3) is 0 Å². The summed E-state index contributed by atoms with van der Waals surface area (Å²) in [4.78, 5) is 11.3. The van der Waals surface area contributed by atoms with E-state index < -0.39 is 27.6 Å². The minimum Gasteiger partial charge on any atom is -0.492 e. The SMILES string of the molecule is CCOc1ccc(F)c(C(=O)O)c1NS(=O)(=O)N1CCCC1. The Hall–Kier alpha value is -1.87. The molecule has 0 unspecified atom stereocenters. The molecule has 0 saturated carbocycles. The average molecular weight is 332 g/mol. The second kappa shape index (κ2) is 6.49. The lowest BCUT2D eigenvalue weighted by atomic mass is 10.1. The van der Waals surface area contributed by atoms with E-state index in [4.69, 9.17) is 9.84 Å². The van der Waals surface area contributed by atoms with Crippen molar-refractivity contribution in [1.29, 1.82) is 0 Å². The molecule has 2 N–H and O–H groups in total. The van der Waals surface area contributed by atoms with Gasteiger partial charge < -0.3 is 9.84 Å². The number of carboxylic acid groups (broad SMARTS) is 1. The highest BCUT2D eigenvalue weighted by Gasteiger charge is 2.29. The number of hydrogen-bond acceptors (Lipinski definition) is 4. The van der Waals surface area contributed by atoms with Crippen LogP contribution in [0.5, 0.6) is 5.75 Å². The van der Waals surface area contributed by atoms with Crippen molar-refractivity contribution < 1.29 is 27.4 Å². The molecule has 9 heteroatoms. The number of ether oxygens (including phenoxy) is 1. The van der Waals surface area contributed by atoms with Crippen LogP contribution < -0.4 is 9.46 Å². The summed E-state index contributed by atoms with van der Waals surface area (Å²) in [7, 11) is -3.95. The molecule has 0 amide bonds. The van der Waals surface area contributed by atoms with E-state index in [-0.39, 0.29) is 18.0 Å². The number of hydrogen-bond donors (Lipinski definition) is 2. The molecule has 1 aromatic rings. The highest BCUT2D eigenvalue weighted by molar-refractivity contribution is 7.90. The Labute approximate surface area is 127 Å². The summed E-state index contributed by atoms with van der Waals surface area (Å²) in [6.45, 7) is 2.53. The summed E-state index contributed by atoms with van der Waals surface area (Å²) in [6.07, 6.45) is 1.46. The predicted molar refractivity (Wildman–Crippen MR) is 77.9 cm³/mol. The number of carbonyl (C=O) groups is 1. The normalized spacial score (nSPS) is 15.7. The second-order valence-electron chi connectivity index (χ2n) is 4.75. The number of halogens is 1. The predicted octanol–water partition coefficient (Wildman–Crippen LogP) is 1.68. The molecule has 0 aromatic heterocycles. The third-order valence-corrected chi connectivity index (χ3v) is 4.77. The highest BCUT2D eigenvalue weighted by Crippen LogP contribution is 2.32. The topological polar surface area (TPSA) is 95.9 Å². The van der Waals surface area contributed by atoms with E-state index in [0.29, 0.717) is 13.1 Å². The van der Waals surface area contributed by atoms with Crippen molar-refractivity contribution in [3.8, 4) is 5.75 Å². The maximum absolute atomic E-state index is 13.8. The van der Waals surface area contributed by atoms with Gasteiger partial charge in [0.05, 0.1) is 6.61 Å².